The minimum absolute atomic E-state index is 0.138. The minimum atomic E-state index is -4.36. The van der Waals surface area contributed by atoms with Crippen LogP contribution in [0.4, 0.5) is 13.2 Å². The van der Waals surface area contributed by atoms with Crippen molar-refractivity contribution >= 4 is 11.6 Å². The van der Waals surface area contributed by atoms with E-state index in [4.69, 9.17) is 11.6 Å². The molecule has 6 heteroatoms. The summed E-state index contributed by atoms with van der Waals surface area (Å²) in [5.74, 6) is 0. The van der Waals surface area contributed by atoms with Crippen LogP contribution in [0.3, 0.4) is 0 Å². The van der Waals surface area contributed by atoms with Crippen LogP contribution in [0.2, 0.25) is 5.02 Å². The van der Waals surface area contributed by atoms with Crippen LogP contribution in [0.15, 0.2) is 48.5 Å². The molecule has 2 atom stereocenters. The molecule has 1 saturated heterocycles. The Morgan fingerprint density at radius 2 is 1.88 bits per heavy atom. The van der Waals surface area contributed by atoms with Gasteiger partial charge < -0.3 is 10.6 Å². The summed E-state index contributed by atoms with van der Waals surface area (Å²) >= 11 is 6.09. The summed E-state index contributed by atoms with van der Waals surface area (Å²) in [7, 11) is 0. The number of rotatable bonds is 4. The number of piperidine rings is 1. The fraction of sp³-hybridized carbons (Fsp3) is 0.368. The SMILES string of the molecule is FC(F)(F)c1ccc(Cl)c(CN[C@H]2CCCN[C@H]2c2ccccc2)c1. The standard InChI is InChI=1S/C19H20ClF3N2/c20-16-9-8-15(19(21,22)23)11-14(16)12-25-17-7-4-10-24-18(17)13-5-2-1-3-6-13/h1-3,5-6,8-9,11,17-18,24-25H,4,7,10,12H2/t17-,18-/m0/s1. The first-order valence-corrected chi connectivity index (χ1v) is 8.70. The third-order valence-electron chi connectivity index (χ3n) is 4.54. The van der Waals surface area contributed by atoms with Crippen LogP contribution < -0.4 is 10.6 Å². The number of hydrogen-bond acceptors (Lipinski definition) is 2. The molecule has 0 amide bonds. The van der Waals surface area contributed by atoms with Gasteiger partial charge >= 0.3 is 6.18 Å². The molecular formula is C19H20ClF3N2. The van der Waals surface area contributed by atoms with Crippen molar-refractivity contribution in [2.24, 2.45) is 0 Å². The molecule has 2 N–H and O–H groups in total. The molecule has 0 unspecified atom stereocenters. The van der Waals surface area contributed by atoms with Gasteiger partial charge in [-0.05, 0) is 48.7 Å². The first kappa shape index (κ1) is 18.2. The van der Waals surface area contributed by atoms with E-state index in [1.807, 2.05) is 18.2 Å². The fourth-order valence-corrected chi connectivity index (χ4v) is 3.43. The van der Waals surface area contributed by atoms with Gasteiger partial charge in [0.15, 0.2) is 0 Å². The average molecular weight is 369 g/mol. The van der Waals surface area contributed by atoms with Gasteiger partial charge in [-0.25, -0.2) is 0 Å². The lowest BCUT2D eigenvalue weighted by Gasteiger charge is -2.34. The van der Waals surface area contributed by atoms with Gasteiger partial charge in [0.1, 0.15) is 0 Å². The zero-order chi connectivity index (χ0) is 17.9. The van der Waals surface area contributed by atoms with E-state index in [2.05, 4.69) is 22.8 Å². The zero-order valence-corrected chi connectivity index (χ0v) is 14.4. The molecule has 1 aliphatic rings. The maximum Gasteiger partial charge on any atom is 0.416 e. The molecule has 2 nitrogen and oxygen atoms in total. The summed E-state index contributed by atoms with van der Waals surface area (Å²) < 4.78 is 38.7. The summed E-state index contributed by atoms with van der Waals surface area (Å²) in [5.41, 5.74) is 0.971. The Hall–Kier alpha value is -1.56. The Morgan fingerprint density at radius 3 is 2.60 bits per heavy atom. The van der Waals surface area contributed by atoms with Crippen molar-refractivity contribution in [3.05, 3.63) is 70.2 Å². The lowest BCUT2D eigenvalue weighted by molar-refractivity contribution is -0.137. The quantitative estimate of drug-likeness (QED) is 0.798. The average Bonchev–Trinajstić information content (AvgIpc) is 2.61. The van der Waals surface area contributed by atoms with Crippen LogP contribution in [0.1, 0.15) is 35.6 Å². The molecule has 2 aromatic rings. The summed E-state index contributed by atoms with van der Waals surface area (Å²) in [4.78, 5) is 0. The third-order valence-corrected chi connectivity index (χ3v) is 4.91. The molecule has 1 aliphatic heterocycles. The molecule has 2 aromatic carbocycles. The Morgan fingerprint density at radius 1 is 1.12 bits per heavy atom. The van der Waals surface area contributed by atoms with E-state index in [9.17, 15) is 13.2 Å². The monoisotopic (exact) mass is 368 g/mol. The molecule has 134 valence electrons. The molecule has 0 radical (unpaired) electrons. The first-order chi connectivity index (χ1) is 11.9. The number of nitrogens with one attached hydrogen (secondary N) is 2. The number of halogens is 4. The Labute approximate surface area is 150 Å². The molecule has 3 rings (SSSR count). The normalized spacial score (nSPS) is 21.3. The second-order valence-corrected chi connectivity index (χ2v) is 6.68. The highest BCUT2D eigenvalue weighted by Gasteiger charge is 2.31. The van der Waals surface area contributed by atoms with Crippen molar-refractivity contribution in [2.75, 3.05) is 6.54 Å². The Balaban J connectivity index is 1.73. The molecule has 0 aromatic heterocycles. The lowest BCUT2D eigenvalue weighted by atomic mass is 9.92. The van der Waals surface area contributed by atoms with Crippen LogP contribution in [0.25, 0.3) is 0 Å². The van der Waals surface area contributed by atoms with E-state index in [0.717, 1.165) is 31.5 Å². The maximum absolute atomic E-state index is 12.9. The minimum Gasteiger partial charge on any atom is -0.309 e. The second kappa shape index (κ2) is 7.77. The van der Waals surface area contributed by atoms with E-state index in [-0.39, 0.29) is 12.1 Å². The fourth-order valence-electron chi connectivity index (χ4n) is 3.25. The van der Waals surface area contributed by atoms with Crippen LogP contribution in [-0.2, 0) is 12.7 Å². The highest BCUT2D eigenvalue weighted by molar-refractivity contribution is 6.31. The first-order valence-electron chi connectivity index (χ1n) is 8.32. The molecule has 25 heavy (non-hydrogen) atoms. The topological polar surface area (TPSA) is 24.1 Å². The van der Waals surface area contributed by atoms with Crippen molar-refractivity contribution in [1.29, 1.82) is 0 Å². The Kier molecular flexibility index (Phi) is 5.67. The number of alkyl halides is 3. The number of hydrogen-bond donors (Lipinski definition) is 2. The van der Waals surface area contributed by atoms with E-state index >= 15 is 0 Å². The van der Waals surface area contributed by atoms with E-state index < -0.39 is 11.7 Å². The van der Waals surface area contributed by atoms with Crippen LogP contribution in [0.5, 0.6) is 0 Å². The van der Waals surface area contributed by atoms with Crippen LogP contribution >= 0.6 is 11.6 Å². The summed E-state index contributed by atoms with van der Waals surface area (Å²) in [6.07, 6.45) is -2.38. The van der Waals surface area contributed by atoms with Crippen molar-refractivity contribution in [1.82, 2.24) is 10.6 Å². The van der Waals surface area contributed by atoms with Crippen molar-refractivity contribution in [3.8, 4) is 0 Å². The predicted molar refractivity (Wildman–Crippen MR) is 93.5 cm³/mol. The predicted octanol–water partition coefficient (Wildman–Crippen LogP) is 4.94. The van der Waals surface area contributed by atoms with Gasteiger partial charge in [0.05, 0.1) is 5.56 Å². The maximum atomic E-state index is 12.9. The molecule has 0 saturated carbocycles. The second-order valence-electron chi connectivity index (χ2n) is 6.28. The van der Waals surface area contributed by atoms with Gasteiger partial charge in [-0.3, -0.25) is 0 Å². The summed E-state index contributed by atoms with van der Waals surface area (Å²) in [5, 5.41) is 7.24. The molecule has 1 heterocycles. The largest absolute Gasteiger partial charge is 0.416 e. The van der Waals surface area contributed by atoms with Gasteiger partial charge in [-0.1, -0.05) is 41.9 Å². The molecular weight excluding hydrogens is 349 g/mol. The highest BCUT2D eigenvalue weighted by atomic mass is 35.5. The van der Waals surface area contributed by atoms with Gasteiger partial charge in [0, 0.05) is 23.7 Å². The smallest absolute Gasteiger partial charge is 0.309 e. The summed E-state index contributed by atoms with van der Waals surface area (Å²) in [6, 6.07) is 13.8. The zero-order valence-electron chi connectivity index (χ0n) is 13.6. The van der Waals surface area contributed by atoms with Gasteiger partial charge in [-0.2, -0.15) is 13.2 Å². The van der Waals surface area contributed by atoms with Crippen LogP contribution in [0, 0.1) is 0 Å². The van der Waals surface area contributed by atoms with E-state index in [0.29, 0.717) is 17.1 Å². The van der Waals surface area contributed by atoms with Gasteiger partial charge in [-0.15, -0.1) is 0 Å². The van der Waals surface area contributed by atoms with Crippen molar-refractivity contribution in [3.63, 3.8) is 0 Å². The Bertz CT molecular complexity index is 704. The van der Waals surface area contributed by atoms with Crippen molar-refractivity contribution < 1.29 is 13.2 Å². The molecule has 0 bridgehead atoms. The lowest BCUT2D eigenvalue weighted by Crippen LogP contribution is -2.45. The van der Waals surface area contributed by atoms with Crippen molar-refractivity contribution in [2.45, 2.75) is 37.6 Å². The number of benzene rings is 2. The summed E-state index contributed by atoms with van der Waals surface area (Å²) in [6.45, 7) is 1.24. The van der Waals surface area contributed by atoms with Gasteiger partial charge in [0.2, 0.25) is 0 Å². The van der Waals surface area contributed by atoms with E-state index in [1.165, 1.54) is 11.6 Å². The molecule has 0 aliphatic carbocycles. The van der Waals surface area contributed by atoms with Crippen LogP contribution in [-0.4, -0.2) is 12.6 Å². The van der Waals surface area contributed by atoms with Gasteiger partial charge in [0.25, 0.3) is 0 Å². The molecule has 1 fully saturated rings. The third kappa shape index (κ3) is 4.54. The highest BCUT2D eigenvalue weighted by Crippen LogP contribution is 2.32. The molecule has 0 spiro atoms. The van der Waals surface area contributed by atoms with E-state index in [1.54, 1.807) is 0 Å².